The predicted molar refractivity (Wildman–Crippen MR) is 104 cm³/mol. The van der Waals surface area contributed by atoms with E-state index in [0.717, 1.165) is 38.9 Å². The van der Waals surface area contributed by atoms with E-state index in [1.807, 2.05) is 30.3 Å². The molecule has 2 N–H and O–H groups in total. The summed E-state index contributed by atoms with van der Waals surface area (Å²) >= 11 is 0. The fraction of sp³-hybridized carbons (Fsp3) is 0.100. The number of rotatable bonds is 5. The van der Waals surface area contributed by atoms with Crippen molar-refractivity contribution < 1.29 is 0 Å². The van der Waals surface area contributed by atoms with Crippen LogP contribution in [0, 0.1) is 0 Å². The van der Waals surface area contributed by atoms with Gasteiger partial charge >= 0.3 is 0 Å². The van der Waals surface area contributed by atoms with Gasteiger partial charge in [0, 0.05) is 29.9 Å². The smallest absolute Gasteiger partial charge is 0.117 e. The maximum atomic E-state index is 4.25. The molecule has 27 heavy (non-hydrogen) atoms. The van der Waals surface area contributed by atoms with Crippen LogP contribution in [0.1, 0.15) is 11.1 Å². The Hall–Kier alpha value is -3.74. The van der Waals surface area contributed by atoms with Crippen molar-refractivity contribution >= 4 is 27.8 Å². The highest BCUT2D eigenvalue weighted by molar-refractivity contribution is 5.79. The van der Waals surface area contributed by atoms with Crippen molar-refractivity contribution in [1.29, 1.82) is 0 Å². The Morgan fingerprint density at radius 1 is 0.630 bits per heavy atom. The number of nitrogens with one attached hydrogen (secondary N) is 2. The Morgan fingerprint density at radius 3 is 1.74 bits per heavy atom. The lowest BCUT2D eigenvalue weighted by atomic mass is 10.1. The molecule has 7 nitrogen and oxygen atoms in total. The van der Waals surface area contributed by atoms with Gasteiger partial charge in [-0.25, -0.2) is 0 Å². The average Bonchev–Trinajstić information content (AvgIpc) is 3.38. The first-order valence-corrected chi connectivity index (χ1v) is 8.76. The van der Waals surface area contributed by atoms with Gasteiger partial charge in [0.15, 0.2) is 0 Å². The molecule has 0 aliphatic carbocycles. The number of anilines is 1. The lowest BCUT2D eigenvalue weighted by molar-refractivity contribution is 0.804. The zero-order chi connectivity index (χ0) is 18.1. The SMILES string of the molecule is c1ccc(N(Cc2cccc3[nH]nnc23)Cc2cccc3[nH]nnc23)cc1. The highest BCUT2D eigenvalue weighted by atomic mass is 15.3. The molecule has 5 aromatic rings. The second kappa shape index (κ2) is 6.53. The second-order valence-electron chi connectivity index (χ2n) is 6.44. The Morgan fingerprint density at radius 2 is 1.19 bits per heavy atom. The van der Waals surface area contributed by atoms with Gasteiger partial charge in [-0.3, -0.25) is 10.2 Å². The summed E-state index contributed by atoms with van der Waals surface area (Å²) in [6.45, 7) is 1.42. The Labute approximate surface area is 155 Å². The minimum absolute atomic E-state index is 0.710. The van der Waals surface area contributed by atoms with Gasteiger partial charge in [0.2, 0.25) is 0 Å². The van der Waals surface area contributed by atoms with Crippen molar-refractivity contribution in [1.82, 2.24) is 30.8 Å². The molecule has 132 valence electrons. The van der Waals surface area contributed by atoms with Gasteiger partial charge in [-0.05, 0) is 24.3 Å². The van der Waals surface area contributed by atoms with Crippen LogP contribution in [0.5, 0.6) is 0 Å². The largest absolute Gasteiger partial charge is 0.363 e. The molecule has 7 heteroatoms. The minimum Gasteiger partial charge on any atom is -0.363 e. The number of nitrogens with zero attached hydrogens (tertiary/aromatic N) is 5. The molecule has 5 rings (SSSR count). The summed E-state index contributed by atoms with van der Waals surface area (Å²) < 4.78 is 0. The fourth-order valence-electron chi connectivity index (χ4n) is 3.40. The number of aromatic amines is 2. The van der Waals surface area contributed by atoms with Crippen molar-refractivity contribution in [2.45, 2.75) is 13.1 Å². The molecule has 3 aromatic carbocycles. The van der Waals surface area contributed by atoms with E-state index < -0.39 is 0 Å². The Kier molecular flexibility index (Phi) is 3.75. The molecular weight excluding hydrogens is 338 g/mol. The molecule has 2 heterocycles. The number of H-pyrrole nitrogens is 2. The van der Waals surface area contributed by atoms with Crippen LogP contribution in [-0.2, 0) is 13.1 Å². The standard InChI is InChI=1S/C20H17N7/c1-2-8-16(9-3-1)27(12-14-6-4-10-17-19(14)23-25-21-17)13-15-7-5-11-18-20(15)24-26-22-18/h1-11H,12-13H2,(H,21,23,25)(H,22,24,26). The summed E-state index contributed by atoms with van der Waals surface area (Å²) in [5.74, 6) is 0. The van der Waals surface area contributed by atoms with Gasteiger partial charge in [0.05, 0.1) is 11.0 Å². The van der Waals surface area contributed by atoms with Crippen LogP contribution in [0.2, 0.25) is 0 Å². The Bertz CT molecular complexity index is 1120. The molecule has 0 aliphatic heterocycles. The summed E-state index contributed by atoms with van der Waals surface area (Å²) in [7, 11) is 0. The maximum absolute atomic E-state index is 4.25. The van der Waals surface area contributed by atoms with E-state index in [9.17, 15) is 0 Å². The topological polar surface area (TPSA) is 86.4 Å². The number of benzene rings is 3. The normalized spacial score (nSPS) is 11.3. The summed E-state index contributed by atoms with van der Waals surface area (Å²) in [6, 6.07) is 22.6. The van der Waals surface area contributed by atoms with E-state index in [4.69, 9.17) is 0 Å². The number of para-hydroxylation sites is 1. The Balaban J connectivity index is 1.55. The zero-order valence-corrected chi connectivity index (χ0v) is 14.5. The first kappa shape index (κ1) is 15.5. The van der Waals surface area contributed by atoms with Crippen LogP contribution in [0.25, 0.3) is 22.1 Å². The quantitative estimate of drug-likeness (QED) is 0.504. The average molecular weight is 355 g/mol. The minimum atomic E-state index is 0.710. The van der Waals surface area contributed by atoms with Crippen molar-refractivity contribution in [3.63, 3.8) is 0 Å². The third-order valence-corrected chi connectivity index (χ3v) is 4.72. The van der Waals surface area contributed by atoms with Crippen molar-refractivity contribution in [2.75, 3.05) is 4.90 Å². The van der Waals surface area contributed by atoms with Crippen LogP contribution in [0.3, 0.4) is 0 Å². The molecule has 0 amide bonds. The van der Waals surface area contributed by atoms with E-state index in [0.29, 0.717) is 13.1 Å². The second-order valence-corrected chi connectivity index (χ2v) is 6.44. The summed E-state index contributed by atoms with van der Waals surface area (Å²) in [5.41, 5.74) is 7.07. The predicted octanol–water partition coefficient (Wildman–Crippen LogP) is 3.44. The fourth-order valence-corrected chi connectivity index (χ4v) is 3.40. The van der Waals surface area contributed by atoms with Crippen LogP contribution >= 0.6 is 0 Å². The molecule has 0 saturated carbocycles. The van der Waals surface area contributed by atoms with Crippen LogP contribution in [0.15, 0.2) is 66.7 Å². The van der Waals surface area contributed by atoms with Gasteiger partial charge in [0.25, 0.3) is 0 Å². The molecule has 0 atom stereocenters. The highest BCUT2D eigenvalue weighted by Crippen LogP contribution is 2.24. The lowest BCUT2D eigenvalue weighted by Crippen LogP contribution is -2.22. The summed E-state index contributed by atoms with van der Waals surface area (Å²) in [5, 5.41) is 22.3. The molecular formula is C20H17N7. The van der Waals surface area contributed by atoms with E-state index in [1.54, 1.807) is 0 Å². The van der Waals surface area contributed by atoms with Gasteiger partial charge in [-0.15, -0.1) is 10.2 Å². The van der Waals surface area contributed by atoms with Gasteiger partial charge in [-0.2, -0.15) is 0 Å². The monoisotopic (exact) mass is 355 g/mol. The summed E-state index contributed by atoms with van der Waals surface area (Å²) in [6.07, 6.45) is 0. The molecule has 0 aliphatic rings. The van der Waals surface area contributed by atoms with Crippen molar-refractivity contribution in [3.8, 4) is 0 Å². The first-order chi connectivity index (χ1) is 13.4. The highest BCUT2D eigenvalue weighted by Gasteiger charge is 2.14. The molecule has 0 radical (unpaired) electrons. The zero-order valence-electron chi connectivity index (χ0n) is 14.5. The molecule has 0 unspecified atom stereocenters. The van der Waals surface area contributed by atoms with Crippen LogP contribution < -0.4 is 4.90 Å². The molecule has 0 saturated heterocycles. The van der Waals surface area contributed by atoms with Crippen molar-refractivity contribution in [2.24, 2.45) is 0 Å². The van der Waals surface area contributed by atoms with E-state index in [2.05, 4.69) is 72.1 Å². The molecule has 2 aromatic heterocycles. The maximum Gasteiger partial charge on any atom is 0.117 e. The van der Waals surface area contributed by atoms with Gasteiger partial charge < -0.3 is 4.90 Å². The van der Waals surface area contributed by atoms with Crippen molar-refractivity contribution in [3.05, 3.63) is 77.9 Å². The number of fused-ring (bicyclic) bond motifs is 2. The number of hydrogen-bond donors (Lipinski definition) is 2. The molecule has 0 fully saturated rings. The van der Waals surface area contributed by atoms with E-state index in [-0.39, 0.29) is 0 Å². The molecule has 0 spiro atoms. The van der Waals surface area contributed by atoms with Gasteiger partial charge in [-0.1, -0.05) is 52.9 Å². The van der Waals surface area contributed by atoms with Crippen LogP contribution in [-0.4, -0.2) is 30.8 Å². The number of hydrogen-bond acceptors (Lipinski definition) is 5. The summed E-state index contributed by atoms with van der Waals surface area (Å²) in [4.78, 5) is 2.31. The van der Waals surface area contributed by atoms with E-state index in [1.165, 1.54) is 0 Å². The third kappa shape index (κ3) is 2.89. The van der Waals surface area contributed by atoms with Crippen LogP contribution in [0.4, 0.5) is 5.69 Å². The first-order valence-electron chi connectivity index (χ1n) is 8.76. The third-order valence-electron chi connectivity index (χ3n) is 4.72. The molecule has 0 bridgehead atoms. The van der Waals surface area contributed by atoms with E-state index >= 15 is 0 Å². The van der Waals surface area contributed by atoms with Gasteiger partial charge in [0.1, 0.15) is 11.0 Å². The number of aromatic nitrogens is 6. The lowest BCUT2D eigenvalue weighted by Gasteiger charge is -2.25.